The van der Waals surface area contributed by atoms with Crippen LogP contribution in [-0.4, -0.2) is 26.2 Å². The minimum Gasteiger partial charge on any atom is -0.465 e. The van der Waals surface area contributed by atoms with Gasteiger partial charge in [-0.3, -0.25) is 0 Å². The molecule has 0 aromatic rings. The molecule has 0 aromatic carbocycles. The van der Waals surface area contributed by atoms with Crippen LogP contribution in [0.5, 0.6) is 0 Å². The van der Waals surface area contributed by atoms with Crippen LogP contribution in [0.3, 0.4) is 0 Å². The maximum Gasteiger partial charge on any atom is 0.344 e. The third-order valence-electron chi connectivity index (χ3n) is 3.20. The van der Waals surface area contributed by atoms with Gasteiger partial charge in [-0.25, -0.2) is 9.59 Å². The fraction of sp³-hybridized carbons (Fsp3) is 0.500. The van der Waals surface area contributed by atoms with Gasteiger partial charge < -0.3 is 9.47 Å². The second-order valence-corrected chi connectivity index (χ2v) is 5.36. The Bertz CT molecular complexity index is 439. The van der Waals surface area contributed by atoms with Crippen LogP contribution in [-0.2, 0) is 19.1 Å². The molecule has 4 heteroatoms. The molecule has 110 valence electrons. The number of esters is 2. The van der Waals surface area contributed by atoms with Crippen molar-refractivity contribution in [2.75, 3.05) is 14.2 Å². The molecular weight excluding hydrogens is 256 g/mol. The van der Waals surface area contributed by atoms with Gasteiger partial charge in [0.05, 0.1) is 14.2 Å². The maximum atomic E-state index is 11.8. The Morgan fingerprint density at radius 2 is 1.80 bits per heavy atom. The van der Waals surface area contributed by atoms with Crippen LogP contribution < -0.4 is 0 Å². The number of rotatable bonds is 5. The van der Waals surface area contributed by atoms with Gasteiger partial charge in [-0.05, 0) is 18.8 Å². The normalized spacial score (nSPS) is 20.6. The molecule has 0 heterocycles. The first-order valence-corrected chi connectivity index (χ1v) is 6.68. The van der Waals surface area contributed by atoms with E-state index in [1.807, 2.05) is 24.3 Å². The lowest BCUT2D eigenvalue weighted by Gasteiger charge is -2.30. The van der Waals surface area contributed by atoms with Gasteiger partial charge in [-0.15, -0.1) is 0 Å². The van der Waals surface area contributed by atoms with E-state index in [1.165, 1.54) is 14.2 Å². The molecule has 0 aromatic heterocycles. The molecular formula is C16H22O4. The van der Waals surface area contributed by atoms with E-state index in [9.17, 15) is 9.59 Å². The zero-order chi connectivity index (χ0) is 15.2. The molecule has 0 fully saturated rings. The van der Waals surface area contributed by atoms with Crippen LogP contribution in [0.1, 0.15) is 26.7 Å². The summed E-state index contributed by atoms with van der Waals surface area (Å²) in [6, 6.07) is 0. The Hall–Kier alpha value is -1.84. The van der Waals surface area contributed by atoms with Crippen LogP contribution in [0.15, 0.2) is 36.0 Å². The molecule has 0 aliphatic heterocycles. The predicted octanol–water partition coefficient (Wildman–Crippen LogP) is 2.81. The quantitative estimate of drug-likeness (QED) is 0.336. The highest BCUT2D eigenvalue weighted by atomic mass is 16.5. The molecule has 0 bridgehead atoms. The van der Waals surface area contributed by atoms with Crippen LogP contribution in [0.25, 0.3) is 0 Å². The van der Waals surface area contributed by atoms with Crippen LogP contribution in [0, 0.1) is 11.3 Å². The third-order valence-corrected chi connectivity index (χ3v) is 3.20. The summed E-state index contributed by atoms with van der Waals surface area (Å²) < 4.78 is 9.35. The SMILES string of the molecule is COC(=O)C(=CC1(CC(C)C)C=CC=CC1)C(=O)OC. The minimum absolute atomic E-state index is 0.0457. The van der Waals surface area contributed by atoms with E-state index in [0.717, 1.165) is 12.8 Å². The Balaban J connectivity index is 3.20. The Morgan fingerprint density at radius 1 is 1.20 bits per heavy atom. The monoisotopic (exact) mass is 278 g/mol. The van der Waals surface area contributed by atoms with Crippen molar-refractivity contribution in [3.05, 3.63) is 36.0 Å². The fourth-order valence-corrected chi connectivity index (χ4v) is 2.47. The second-order valence-electron chi connectivity index (χ2n) is 5.36. The first-order chi connectivity index (χ1) is 9.44. The molecule has 1 rings (SSSR count). The summed E-state index contributed by atoms with van der Waals surface area (Å²) in [5.41, 5.74) is -0.392. The molecule has 1 aliphatic carbocycles. The van der Waals surface area contributed by atoms with Crippen molar-refractivity contribution in [1.29, 1.82) is 0 Å². The molecule has 0 saturated carbocycles. The molecule has 1 aliphatic rings. The van der Waals surface area contributed by atoms with Gasteiger partial charge in [0.2, 0.25) is 0 Å². The maximum absolute atomic E-state index is 11.8. The van der Waals surface area contributed by atoms with Crippen molar-refractivity contribution >= 4 is 11.9 Å². The van der Waals surface area contributed by atoms with E-state index in [0.29, 0.717) is 5.92 Å². The third kappa shape index (κ3) is 4.08. The van der Waals surface area contributed by atoms with Gasteiger partial charge in [0.25, 0.3) is 0 Å². The number of carbonyl (C=O) groups excluding carboxylic acids is 2. The number of allylic oxidation sites excluding steroid dienone is 5. The Kier molecular flexibility index (Phi) is 5.74. The highest BCUT2D eigenvalue weighted by Gasteiger charge is 2.31. The lowest BCUT2D eigenvalue weighted by atomic mass is 9.74. The molecule has 0 amide bonds. The van der Waals surface area contributed by atoms with Crippen LogP contribution in [0.2, 0.25) is 0 Å². The van der Waals surface area contributed by atoms with Gasteiger partial charge >= 0.3 is 11.9 Å². The molecule has 0 radical (unpaired) electrons. The lowest BCUT2D eigenvalue weighted by Crippen LogP contribution is -2.24. The molecule has 0 saturated heterocycles. The highest BCUT2D eigenvalue weighted by Crippen LogP contribution is 2.37. The molecule has 20 heavy (non-hydrogen) atoms. The van der Waals surface area contributed by atoms with Crippen LogP contribution in [0.4, 0.5) is 0 Å². The molecule has 0 spiro atoms. The highest BCUT2D eigenvalue weighted by molar-refractivity contribution is 6.14. The smallest absolute Gasteiger partial charge is 0.344 e. The summed E-state index contributed by atoms with van der Waals surface area (Å²) in [5.74, 6) is -0.898. The van der Waals surface area contributed by atoms with E-state index in [4.69, 9.17) is 0 Å². The van der Waals surface area contributed by atoms with E-state index in [2.05, 4.69) is 23.3 Å². The first kappa shape index (κ1) is 16.2. The summed E-state index contributed by atoms with van der Waals surface area (Å²) in [4.78, 5) is 23.6. The van der Waals surface area contributed by atoms with Gasteiger partial charge in [0, 0.05) is 5.41 Å². The van der Waals surface area contributed by atoms with E-state index < -0.39 is 11.9 Å². The minimum atomic E-state index is -0.664. The number of hydrogen-bond donors (Lipinski definition) is 0. The topological polar surface area (TPSA) is 52.6 Å². The van der Waals surface area contributed by atoms with Gasteiger partial charge in [0.15, 0.2) is 0 Å². The molecule has 4 nitrogen and oxygen atoms in total. The Labute approximate surface area is 120 Å². The summed E-state index contributed by atoms with van der Waals surface area (Å²) in [6.45, 7) is 4.22. The summed E-state index contributed by atoms with van der Waals surface area (Å²) >= 11 is 0. The number of methoxy groups -OCH3 is 2. The van der Waals surface area contributed by atoms with Crippen molar-refractivity contribution in [2.24, 2.45) is 11.3 Å². The predicted molar refractivity (Wildman–Crippen MR) is 76.9 cm³/mol. The largest absolute Gasteiger partial charge is 0.465 e. The number of hydrogen-bond acceptors (Lipinski definition) is 4. The zero-order valence-electron chi connectivity index (χ0n) is 12.5. The van der Waals surface area contributed by atoms with Crippen molar-refractivity contribution in [3.8, 4) is 0 Å². The van der Waals surface area contributed by atoms with Crippen molar-refractivity contribution in [2.45, 2.75) is 26.7 Å². The Morgan fingerprint density at radius 3 is 2.20 bits per heavy atom. The van der Waals surface area contributed by atoms with Crippen LogP contribution >= 0.6 is 0 Å². The second kappa shape index (κ2) is 7.08. The van der Waals surface area contributed by atoms with Crippen molar-refractivity contribution < 1.29 is 19.1 Å². The summed E-state index contributed by atoms with van der Waals surface area (Å²) in [5, 5.41) is 0. The zero-order valence-corrected chi connectivity index (χ0v) is 12.5. The van der Waals surface area contributed by atoms with E-state index in [1.54, 1.807) is 6.08 Å². The number of ether oxygens (including phenoxy) is 2. The summed E-state index contributed by atoms with van der Waals surface area (Å²) in [7, 11) is 2.51. The molecule has 1 unspecified atom stereocenters. The van der Waals surface area contributed by atoms with E-state index >= 15 is 0 Å². The summed E-state index contributed by atoms with van der Waals surface area (Å²) in [6.07, 6.45) is 11.2. The molecule has 0 N–H and O–H groups in total. The van der Waals surface area contributed by atoms with E-state index in [-0.39, 0.29) is 11.0 Å². The lowest BCUT2D eigenvalue weighted by molar-refractivity contribution is -0.144. The fourth-order valence-electron chi connectivity index (χ4n) is 2.47. The molecule has 1 atom stereocenters. The number of carbonyl (C=O) groups is 2. The van der Waals surface area contributed by atoms with Gasteiger partial charge in [-0.1, -0.05) is 44.2 Å². The average Bonchev–Trinajstić information content (AvgIpc) is 2.43. The van der Waals surface area contributed by atoms with Crippen molar-refractivity contribution in [1.82, 2.24) is 0 Å². The van der Waals surface area contributed by atoms with Crippen molar-refractivity contribution in [3.63, 3.8) is 0 Å². The van der Waals surface area contributed by atoms with Gasteiger partial charge in [0.1, 0.15) is 5.57 Å². The first-order valence-electron chi connectivity index (χ1n) is 6.68. The average molecular weight is 278 g/mol. The standard InChI is InChI=1S/C16H22O4/c1-12(2)10-16(8-6-5-7-9-16)11-13(14(17)19-3)15(18)20-4/h5-8,11-12H,9-10H2,1-4H3. The van der Waals surface area contributed by atoms with Gasteiger partial charge in [-0.2, -0.15) is 0 Å².